The van der Waals surface area contributed by atoms with Gasteiger partial charge >= 0.3 is 6.18 Å². The van der Waals surface area contributed by atoms with E-state index in [9.17, 15) is 23.1 Å². The Kier molecular flexibility index (Phi) is 3.04. The fourth-order valence-electron chi connectivity index (χ4n) is 3.08. The third-order valence-corrected chi connectivity index (χ3v) is 4.10. The zero-order valence-corrected chi connectivity index (χ0v) is 11.0. The Bertz CT molecular complexity index is 559. The van der Waals surface area contributed by atoms with E-state index in [1.54, 1.807) is 0 Å². The zero-order valence-electron chi connectivity index (χ0n) is 11.0. The smallest absolute Gasteiger partial charge is 0.416 e. The molecule has 1 spiro atoms. The van der Waals surface area contributed by atoms with Crippen molar-refractivity contribution in [2.24, 2.45) is 5.41 Å². The number of hydrogen-bond acceptors (Lipinski definition) is 3. The highest BCUT2D eigenvalue weighted by molar-refractivity contribution is 5.64. The lowest BCUT2D eigenvalue weighted by Crippen LogP contribution is -2.67. The minimum absolute atomic E-state index is 0.0631. The first-order chi connectivity index (χ1) is 9.77. The molecule has 114 valence electrons. The quantitative estimate of drug-likeness (QED) is 0.838. The third-order valence-electron chi connectivity index (χ3n) is 4.10. The summed E-state index contributed by atoms with van der Waals surface area (Å²) in [6.45, 7) is 0.857. The first-order valence-corrected chi connectivity index (χ1v) is 6.57. The van der Waals surface area contributed by atoms with Crippen molar-refractivity contribution in [1.29, 1.82) is 0 Å². The molecule has 1 saturated heterocycles. The van der Waals surface area contributed by atoms with Crippen LogP contribution in [0, 0.1) is 5.41 Å². The second kappa shape index (κ2) is 4.54. The first-order valence-electron chi connectivity index (χ1n) is 6.57. The normalized spacial score (nSPS) is 20.8. The minimum atomic E-state index is -4.39. The molecular weight excluding hydrogens is 287 g/mol. The van der Waals surface area contributed by atoms with E-state index in [1.165, 1.54) is 17.0 Å². The molecule has 1 aliphatic carbocycles. The molecule has 0 atom stereocenters. The fraction of sp³-hybridized carbons (Fsp3) is 0.500. The van der Waals surface area contributed by atoms with E-state index >= 15 is 0 Å². The summed E-state index contributed by atoms with van der Waals surface area (Å²) in [5.74, 6) is 0.195. The van der Waals surface area contributed by atoms with Gasteiger partial charge in [-0.15, -0.1) is 0 Å². The number of rotatable bonds is 2. The van der Waals surface area contributed by atoms with E-state index in [0.717, 1.165) is 12.1 Å². The standard InChI is InChI=1S/C14H14F3NO3/c15-14(16,17)9-2-1-3-10(4-9)21-11-5-13(6-11)7-18(8-13)12(19)20/h1-4,11H,5-8H2,(H,19,20)/p-1. The monoisotopic (exact) mass is 300 g/mol. The van der Waals surface area contributed by atoms with E-state index in [4.69, 9.17) is 4.74 Å². The van der Waals surface area contributed by atoms with Crippen molar-refractivity contribution < 1.29 is 27.8 Å². The van der Waals surface area contributed by atoms with Gasteiger partial charge in [0.25, 0.3) is 0 Å². The number of carbonyl (C=O) groups excluding carboxylic acids is 1. The van der Waals surface area contributed by atoms with Gasteiger partial charge in [0.15, 0.2) is 0 Å². The van der Waals surface area contributed by atoms with Crippen molar-refractivity contribution >= 4 is 6.09 Å². The van der Waals surface area contributed by atoms with Gasteiger partial charge in [0.1, 0.15) is 17.9 Å². The maximum absolute atomic E-state index is 12.6. The third kappa shape index (κ3) is 2.64. The van der Waals surface area contributed by atoms with Crippen LogP contribution in [0.15, 0.2) is 24.3 Å². The molecule has 0 N–H and O–H groups in total. The average Bonchev–Trinajstić information content (AvgIpc) is 2.29. The minimum Gasteiger partial charge on any atom is -0.530 e. The van der Waals surface area contributed by atoms with Gasteiger partial charge in [0, 0.05) is 18.5 Å². The van der Waals surface area contributed by atoms with Crippen LogP contribution < -0.4 is 9.84 Å². The molecule has 7 heteroatoms. The molecule has 21 heavy (non-hydrogen) atoms. The molecule has 1 aliphatic heterocycles. The van der Waals surface area contributed by atoms with Crippen LogP contribution in [0.2, 0.25) is 0 Å². The summed E-state index contributed by atoms with van der Waals surface area (Å²) in [4.78, 5) is 11.8. The number of benzene rings is 1. The first kappa shape index (κ1) is 14.0. The Morgan fingerprint density at radius 3 is 2.57 bits per heavy atom. The van der Waals surface area contributed by atoms with Crippen molar-refractivity contribution in [3.05, 3.63) is 29.8 Å². The molecule has 2 aliphatic rings. The molecule has 1 aromatic rings. The predicted molar refractivity (Wildman–Crippen MR) is 64.5 cm³/mol. The number of nitrogens with zero attached hydrogens (tertiary/aromatic N) is 1. The molecule has 3 rings (SSSR count). The van der Waals surface area contributed by atoms with Crippen LogP contribution in [0.4, 0.5) is 18.0 Å². The molecule has 0 bridgehead atoms. The zero-order chi connectivity index (χ0) is 15.3. The van der Waals surface area contributed by atoms with E-state index in [1.807, 2.05) is 0 Å². The fourth-order valence-corrected chi connectivity index (χ4v) is 3.08. The van der Waals surface area contributed by atoms with Crippen LogP contribution in [0.25, 0.3) is 0 Å². The van der Waals surface area contributed by atoms with Gasteiger partial charge in [-0.3, -0.25) is 0 Å². The Morgan fingerprint density at radius 1 is 1.33 bits per heavy atom. The lowest BCUT2D eigenvalue weighted by Gasteiger charge is -2.59. The van der Waals surface area contributed by atoms with Crippen molar-refractivity contribution in [2.45, 2.75) is 25.1 Å². The molecule has 1 aromatic carbocycles. The molecule has 1 amide bonds. The number of hydrogen-bond donors (Lipinski definition) is 0. The van der Waals surface area contributed by atoms with Gasteiger partial charge in [-0.25, -0.2) is 0 Å². The molecule has 1 saturated carbocycles. The number of amides is 1. The SMILES string of the molecule is O=C([O-])N1CC2(CC(Oc3cccc(C(F)(F)F)c3)C2)C1. The Labute approximate surface area is 119 Å². The summed E-state index contributed by atoms with van der Waals surface area (Å²) in [6, 6.07) is 4.79. The highest BCUT2D eigenvalue weighted by Crippen LogP contribution is 2.49. The second-order valence-corrected chi connectivity index (χ2v) is 5.80. The summed E-state index contributed by atoms with van der Waals surface area (Å²) in [5.41, 5.74) is -0.798. The summed E-state index contributed by atoms with van der Waals surface area (Å²) in [5, 5.41) is 10.6. The summed E-state index contributed by atoms with van der Waals surface area (Å²) in [7, 11) is 0. The van der Waals surface area contributed by atoms with Crippen LogP contribution >= 0.6 is 0 Å². The Morgan fingerprint density at radius 2 is 2.00 bits per heavy atom. The van der Waals surface area contributed by atoms with Gasteiger partial charge in [-0.05, 0) is 31.0 Å². The molecule has 0 radical (unpaired) electrons. The van der Waals surface area contributed by atoms with Gasteiger partial charge < -0.3 is 19.5 Å². The predicted octanol–water partition coefficient (Wildman–Crippen LogP) is 1.89. The van der Waals surface area contributed by atoms with Crippen molar-refractivity contribution in [3.63, 3.8) is 0 Å². The number of carboxylic acid groups (broad SMARTS) is 1. The topological polar surface area (TPSA) is 52.6 Å². The van der Waals surface area contributed by atoms with E-state index in [2.05, 4.69) is 0 Å². The molecule has 2 fully saturated rings. The van der Waals surface area contributed by atoms with Crippen LogP contribution in [0.1, 0.15) is 18.4 Å². The molecule has 0 unspecified atom stereocenters. The highest BCUT2D eigenvalue weighted by Gasteiger charge is 2.53. The van der Waals surface area contributed by atoms with Crippen LogP contribution in [0.3, 0.4) is 0 Å². The molecule has 4 nitrogen and oxygen atoms in total. The number of alkyl halides is 3. The molecule has 1 heterocycles. The average molecular weight is 300 g/mol. The Balaban J connectivity index is 1.55. The van der Waals surface area contributed by atoms with Gasteiger partial charge in [-0.2, -0.15) is 13.2 Å². The molecule has 0 aromatic heterocycles. The van der Waals surface area contributed by atoms with Crippen LogP contribution in [0.5, 0.6) is 5.75 Å². The van der Waals surface area contributed by atoms with Crippen LogP contribution in [-0.4, -0.2) is 30.2 Å². The summed E-state index contributed by atoms with van der Waals surface area (Å²) in [6.07, 6.45) is -4.40. The number of halogens is 3. The lowest BCUT2D eigenvalue weighted by molar-refractivity contribution is -0.280. The van der Waals surface area contributed by atoms with Crippen molar-refractivity contribution in [1.82, 2.24) is 4.90 Å². The number of ether oxygens (including phenoxy) is 1. The maximum atomic E-state index is 12.6. The van der Waals surface area contributed by atoms with Crippen molar-refractivity contribution in [2.75, 3.05) is 13.1 Å². The Hall–Kier alpha value is -1.92. The molecular formula is C14H13F3NO3-. The maximum Gasteiger partial charge on any atom is 0.416 e. The van der Waals surface area contributed by atoms with Gasteiger partial charge in [0.05, 0.1) is 5.56 Å². The highest BCUT2D eigenvalue weighted by atomic mass is 19.4. The number of carbonyl (C=O) groups is 1. The van der Waals surface area contributed by atoms with Crippen LogP contribution in [-0.2, 0) is 6.18 Å². The summed E-state index contributed by atoms with van der Waals surface area (Å²) >= 11 is 0. The van der Waals surface area contributed by atoms with Gasteiger partial charge in [-0.1, -0.05) is 6.07 Å². The summed E-state index contributed by atoms with van der Waals surface area (Å²) < 4.78 is 43.3. The second-order valence-electron chi connectivity index (χ2n) is 5.80. The van der Waals surface area contributed by atoms with Gasteiger partial charge in [0.2, 0.25) is 0 Å². The van der Waals surface area contributed by atoms with E-state index in [0.29, 0.717) is 25.9 Å². The van der Waals surface area contributed by atoms with E-state index < -0.39 is 17.8 Å². The van der Waals surface area contributed by atoms with Crippen molar-refractivity contribution in [3.8, 4) is 5.75 Å². The lowest BCUT2D eigenvalue weighted by atomic mass is 9.62. The largest absolute Gasteiger partial charge is 0.530 e. The number of likely N-dealkylation sites (tertiary alicyclic amines) is 1. The van der Waals surface area contributed by atoms with E-state index in [-0.39, 0.29) is 17.3 Å².